The fraction of sp³-hybridized carbons (Fsp3) is 0.278. The third kappa shape index (κ3) is 4.14. The molecule has 0 bridgehead atoms. The predicted octanol–water partition coefficient (Wildman–Crippen LogP) is 3.35. The summed E-state index contributed by atoms with van der Waals surface area (Å²) in [5.74, 6) is 1.41. The average Bonchev–Trinajstić information content (AvgIpc) is 2.98. The van der Waals surface area contributed by atoms with Crippen LogP contribution >= 0.6 is 0 Å². The zero-order chi connectivity index (χ0) is 18.7. The van der Waals surface area contributed by atoms with Crippen molar-refractivity contribution in [3.63, 3.8) is 0 Å². The van der Waals surface area contributed by atoms with Crippen LogP contribution in [-0.2, 0) is 16.8 Å². The van der Waals surface area contributed by atoms with Crippen LogP contribution in [0.4, 0.5) is 11.6 Å². The number of nitrogens with zero attached hydrogens (tertiary/aromatic N) is 4. The van der Waals surface area contributed by atoms with Crippen LogP contribution in [0.1, 0.15) is 31.3 Å². The number of benzene rings is 1. The highest BCUT2D eigenvalue weighted by atomic mass is 32.2. The second-order valence-electron chi connectivity index (χ2n) is 6.19. The van der Waals surface area contributed by atoms with Gasteiger partial charge in [0, 0.05) is 23.7 Å². The van der Waals surface area contributed by atoms with Gasteiger partial charge in [-0.25, -0.2) is 15.0 Å². The molecule has 3 aromatic rings. The molecule has 0 saturated carbocycles. The Labute approximate surface area is 154 Å². The van der Waals surface area contributed by atoms with Gasteiger partial charge in [-0.05, 0) is 44.5 Å². The van der Waals surface area contributed by atoms with Gasteiger partial charge in [0.25, 0.3) is 0 Å². The highest BCUT2D eigenvalue weighted by Gasteiger charge is 2.13. The van der Waals surface area contributed by atoms with Gasteiger partial charge in [-0.15, -0.1) is 0 Å². The van der Waals surface area contributed by atoms with Crippen molar-refractivity contribution in [2.24, 2.45) is 0 Å². The van der Waals surface area contributed by atoms with Crippen molar-refractivity contribution < 1.29 is 8.76 Å². The van der Waals surface area contributed by atoms with E-state index in [-0.39, 0.29) is 11.8 Å². The zero-order valence-electron chi connectivity index (χ0n) is 14.8. The van der Waals surface area contributed by atoms with Crippen molar-refractivity contribution in [1.29, 1.82) is 0 Å². The van der Waals surface area contributed by atoms with Crippen LogP contribution < -0.4 is 5.32 Å². The molecule has 0 spiro atoms. The normalized spacial score (nSPS) is 12.3. The minimum Gasteiger partial charge on any atom is -0.772 e. The lowest BCUT2D eigenvalue weighted by molar-refractivity contribution is 0.536. The molecule has 8 heteroatoms. The van der Waals surface area contributed by atoms with Crippen LogP contribution in [0.15, 0.2) is 42.7 Å². The smallest absolute Gasteiger partial charge is 0.227 e. The largest absolute Gasteiger partial charge is 0.772 e. The van der Waals surface area contributed by atoms with E-state index in [1.807, 2.05) is 19.2 Å². The first-order valence-corrected chi connectivity index (χ1v) is 9.47. The molecular formula is C18H20N5O2S-. The summed E-state index contributed by atoms with van der Waals surface area (Å²) in [4.78, 5) is 13.2. The Bertz CT molecular complexity index is 922. The van der Waals surface area contributed by atoms with Crippen LogP contribution in [0, 0.1) is 6.92 Å². The number of hydrogen-bond donors (Lipinski definition) is 1. The van der Waals surface area contributed by atoms with E-state index in [1.54, 1.807) is 30.5 Å². The fourth-order valence-corrected chi connectivity index (χ4v) is 3.27. The maximum absolute atomic E-state index is 10.8. The van der Waals surface area contributed by atoms with Gasteiger partial charge in [-0.1, -0.05) is 23.2 Å². The van der Waals surface area contributed by atoms with Gasteiger partial charge < -0.3 is 14.4 Å². The van der Waals surface area contributed by atoms with E-state index in [2.05, 4.69) is 38.7 Å². The number of hydrogen-bond acceptors (Lipinski definition) is 6. The molecule has 1 atom stereocenters. The van der Waals surface area contributed by atoms with Gasteiger partial charge in [0.15, 0.2) is 0 Å². The monoisotopic (exact) mass is 370 g/mol. The minimum atomic E-state index is -2.09. The summed E-state index contributed by atoms with van der Waals surface area (Å²) in [6.07, 6.45) is 3.52. The van der Waals surface area contributed by atoms with Gasteiger partial charge in [-0.3, -0.25) is 4.21 Å². The number of aryl methyl sites for hydroxylation is 1. The molecule has 2 heterocycles. The van der Waals surface area contributed by atoms with Crippen LogP contribution in [0.2, 0.25) is 0 Å². The van der Waals surface area contributed by atoms with Gasteiger partial charge in [0.1, 0.15) is 5.82 Å². The first kappa shape index (κ1) is 18.2. The van der Waals surface area contributed by atoms with Gasteiger partial charge >= 0.3 is 0 Å². The van der Waals surface area contributed by atoms with Crippen LogP contribution in [0.25, 0.3) is 11.4 Å². The molecule has 2 aromatic heterocycles. The van der Waals surface area contributed by atoms with E-state index in [4.69, 9.17) is 0 Å². The summed E-state index contributed by atoms with van der Waals surface area (Å²) < 4.78 is 23.6. The minimum absolute atomic E-state index is 0.00477. The maximum Gasteiger partial charge on any atom is 0.227 e. The lowest BCUT2D eigenvalue weighted by atomic mass is 10.2. The molecule has 0 radical (unpaired) electrons. The summed E-state index contributed by atoms with van der Waals surface area (Å²) in [6, 6.07) is 9.27. The van der Waals surface area contributed by atoms with Crippen LogP contribution in [-0.4, -0.2) is 28.3 Å². The Morgan fingerprint density at radius 3 is 2.58 bits per heavy atom. The van der Waals surface area contributed by atoms with Gasteiger partial charge in [-0.2, -0.15) is 0 Å². The standard InChI is InChI=1S/C18H21N5O2S/c1-12(2)23-13(3)20-10-17(23)16-8-9-19-18(22-16)21-15-6-4-14(5-7-15)11-26(24)25/h4-10,12H,11H2,1-3H3,(H,24,25)(H,19,21,22)/p-1. The lowest BCUT2D eigenvalue weighted by Crippen LogP contribution is -2.06. The van der Waals surface area contributed by atoms with Crippen molar-refractivity contribution >= 4 is 22.7 Å². The Morgan fingerprint density at radius 1 is 1.19 bits per heavy atom. The summed E-state index contributed by atoms with van der Waals surface area (Å²) in [6.45, 7) is 6.18. The number of aromatic nitrogens is 4. The number of anilines is 2. The van der Waals surface area contributed by atoms with Crippen molar-refractivity contribution in [2.75, 3.05) is 5.32 Å². The molecule has 1 aromatic carbocycles. The highest BCUT2D eigenvalue weighted by Crippen LogP contribution is 2.24. The zero-order valence-corrected chi connectivity index (χ0v) is 15.7. The first-order chi connectivity index (χ1) is 12.4. The molecule has 0 aliphatic heterocycles. The molecular weight excluding hydrogens is 350 g/mol. The molecule has 0 aliphatic carbocycles. The Balaban J connectivity index is 1.83. The predicted molar refractivity (Wildman–Crippen MR) is 101 cm³/mol. The van der Waals surface area contributed by atoms with Gasteiger partial charge in [0.2, 0.25) is 5.95 Å². The van der Waals surface area contributed by atoms with E-state index >= 15 is 0 Å². The summed E-state index contributed by atoms with van der Waals surface area (Å²) in [7, 11) is 0. The molecule has 0 saturated heterocycles. The molecule has 26 heavy (non-hydrogen) atoms. The molecule has 0 amide bonds. The quantitative estimate of drug-likeness (QED) is 0.669. The molecule has 7 nitrogen and oxygen atoms in total. The molecule has 3 rings (SSSR count). The van der Waals surface area contributed by atoms with Crippen molar-refractivity contribution in [1.82, 2.24) is 19.5 Å². The topological polar surface area (TPSA) is 95.8 Å². The first-order valence-electron chi connectivity index (χ1n) is 8.23. The maximum atomic E-state index is 10.8. The highest BCUT2D eigenvalue weighted by molar-refractivity contribution is 7.78. The summed E-state index contributed by atoms with van der Waals surface area (Å²) in [5.41, 5.74) is 3.25. The second-order valence-corrected chi connectivity index (χ2v) is 7.09. The van der Waals surface area contributed by atoms with Crippen molar-refractivity contribution in [3.8, 4) is 11.4 Å². The molecule has 1 unspecified atom stereocenters. The Hall–Kier alpha value is -2.58. The molecule has 0 fully saturated rings. The second kappa shape index (κ2) is 7.76. The lowest BCUT2D eigenvalue weighted by Gasteiger charge is -2.14. The molecule has 136 valence electrons. The van der Waals surface area contributed by atoms with Crippen molar-refractivity contribution in [3.05, 3.63) is 54.1 Å². The SMILES string of the molecule is Cc1ncc(-c2ccnc(Nc3ccc(CS(=O)[O-])cc3)n2)n1C(C)C. The third-order valence-corrected chi connectivity index (χ3v) is 4.48. The van der Waals surface area contributed by atoms with Crippen LogP contribution in [0.3, 0.4) is 0 Å². The summed E-state index contributed by atoms with van der Waals surface area (Å²) >= 11 is -2.09. The van der Waals surface area contributed by atoms with E-state index in [1.165, 1.54) is 0 Å². The van der Waals surface area contributed by atoms with E-state index in [0.29, 0.717) is 5.95 Å². The van der Waals surface area contributed by atoms with E-state index < -0.39 is 11.1 Å². The van der Waals surface area contributed by atoms with Crippen LogP contribution in [0.5, 0.6) is 0 Å². The summed E-state index contributed by atoms with van der Waals surface area (Å²) in [5, 5.41) is 3.14. The Kier molecular flexibility index (Phi) is 5.43. The van der Waals surface area contributed by atoms with E-state index in [9.17, 15) is 8.76 Å². The number of rotatable bonds is 6. The third-order valence-electron chi connectivity index (χ3n) is 3.91. The van der Waals surface area contributed by atoms with E-state index in [0.717, 1.165) is 28.5 Å². The molecule has 0 aliphatic rings. The average molecular weight is 370 g/mol. The number of imidazole rings is 1. The number of nitrogens with one attached hydrogen (secondary N) is 1. The Morgan fingerprint density at radius 2 is 1.92 bits per heavy atom. The van der Waals surface area contributed by atoms with Crippen molar-refractivity contribution in [2.45, 2.75) is 32.6 Å². The molecule has 1 N–H and O–H groups in total. The fourth-order valence-electron chi connectivity index (χ4n) is 2.81. The van der Waals surface area contributed by atoms with Gasteiger partial charge in [0.05, 0.1) is 17.6 Å².